The standard InChI is InChI=1S/C63H41NO.C63H41NS/c2*1-3-16-42(17-4-1)43-30-34-48(35-31-43)64(50-22-15-21-47(41-50)63(46-19-5-2-6-20-46)58-27-12-9-24-52(58)53-25-10-13-28-59(53)63)49-36-32-44(33-37-49)57-40-45-18-7-8-23-51(45)61-55(57)38-39-56-54-26-11-14-29-60(54)65-62(56)61/h2*1-41H. The van der Waals surface area contributed by atoms with E-state index in [1.807, 2.05) is 17.4 Å². The smallest absolute Gasteiger partial charge is 0.143 e. The van der Waals surface area contributed by atoms with Crippen LogP contribution in [-0.4, -0.2) is 0 Å². The van der Waals surface area contributed by atoms with Gasteiger partial charge in [-0.25, -0.2) is 0 Å². The number of hydrogen-bond donors (Lipinski definition) is 0. The van der Waals surface area contributed by atoms with E-state index in [-0.39, 0.29) is 0 Å². The van der Waals surface area contributed by atoms with Crippen LogP contribution in [0, 0.1) is 0 Å². The summed E-state index contributed by atoms with van der Waals surface area (Å²) in [5, 5.41) is 14.8. The Morgan fingerprint density at radius 3 is 0.977 bits per heavy atom. The van der Waals surface area contributed by atoms with Gasteiger partial charge >= 0.3 is 0 Å². The van der Waals surface area contributed by atoms with Crippen molar-refractivity contribution in [1.82, 2.24) is 0 Å². The van der Waals surface area contributed by atoms with Crippen LogP contribution < -0.4 is 9.80 Å². The molecular formula is C126H82N2OS. The fraction of sp³-hybridized carbons (Fsp3) is 0.0159. The summed E-state index contributed by atoms with van der Waals surface area (Å²) in [4.78, 5) is 4.83. The zero-order valence-electron chi connectivity index (χ0n) is 71.1. The predicted octanol–water partition coefficient (Wildman–Crippen LogP) is 34.6. The summed E-state index contributed by atoms with van der Waals surface area (Å²) < 4.78 is 9.34. The molecule has 2 aromatic heterocycles. The number of nitrogens with zero attached hydrogens (tertiary/aromatic N) is 2. The fourth-order valence-electron chi connectivity index (χ4n) is 21.7. The maximum absolute atomic E-state index is 6.66. The van der Waals surface area contributed by atoms with Gasteiger partial charge in [0.25, 0.3) is 0 Å². The van der Waals surface area contributed by atoms with Crippen molar-refractivity contribution >= 4 is 131 Å². The highest BCUT2D eigenvalue weighted by molar-refractivity contribution is 7.26. The molecule has 0 saturated carbocycles. The summed E-state index contributed by atoms with van der Waals surface area (Å²) >= 11 is 1.91. The van der Waals surface area contributed by atoms with Crippen LogP contribution in [0.4, 0.5) is 34.1 Å². The van der Waals surface area contributed by atoms with E-state index in [1.165, 1.54) is 164 Å². The molecule has 0 unspecified atom stereocenters. The van der Waals surface area contributed by atoms with Gasteiger partial charge in [0, 0.05) is 75.8 Å². The second-order valence-electron chi connectivity index (χ2n) is 34.3. The van der Waals surface area contributed by atoms with Crippen molar-refractivity contribution in [1.29, 1.82) is 0 Å². The Kier molecular flexibility index (Phi) is 18.3. The van der Waals surface area contributed by atoms with Crippen LogP contribution in [-0.2, 0) is 10.8 Å². The molecule has 0 bridgehead atoms. The SMILES string of the molecule is c1ccc(-c2ccc(N(c3ccc(-c4cc5ccccc5c5c4ccc4c6ccccc6oc45)cc3)c3cccc(C4(c5ccccc5)c5ccccc5-c5ccccc54)c3)cc2)cc1.c1ccc(-c2ccc(N(c3ccc(-c4cc5ccccc5c5c4ccc4c6ccccc6sc45)cc3)c3cccc(C4(c5ccccc5)c5ccccc5-c5ccccc54)c3)cc2)cc1. The van der Waals surface area contributed by atoms with Crippen LogP contribution in [0.15, 0.2) is 502 Å². The van der Waals surface area contributed by atoms with Gasteiger partial charge < -0.3 is 14.2 Å². The molecule has 2 aliphatic rings. The first-order valence-corrected chi connectivity index (χ1v) is 45.6. The Labute approximate surface area is 758 Å². The molecule has 0 radical (unpaired) electrons. The lowest BCUT2D eigenvalue weighted by Gasteiger charge is -2.35. The van der Waals surface area contributed by atoms with Gasteiger partial charge in [-0.05, 0) is 247 Å². The third-order valence-electron chi connectivity index (χ3n) is 27.5. The molecule has 0 aliphatic heterocycles. The molecule has 22 aromatic carbocycles. The lowest BCUT2D eigenvalue weighted by Crippen LogP contribution is -2.28. The quantitative estimate of drug-likeness (QED) is 0.101. The number of rotatable bonds is 14. The van der Waals surface area contributed by atoms with Crippen LogP contribution in [0.2, 0.25) is 0 Å². The summed E-state index contributed by atoms with van der Waals surface area (Å²) in [6.45, 7) is 0. The van der Waals surface area contributed by atoms with Gasteiger partial charge in [-0.2, -0.15) is 0 Å². The van der Waals surface area contributed by atoms with E-state index in [4.69, 9.17) is 4.42 Å². The minimum absolute atomic E-state index is 0.506. The third-order valence-corrected chi connectivity index (χ3v) is 28.7. The van der Waals surface area contributed by atoms with Gasteiger partial charge in [-0.15, -0.1) is 11.3 Å². The second-order valence-corrected chi connectivity index (χ2v) is 35.4. The number of fused-ring (bicyclic) bond motifs is 20. The van der Waals surface area contributed by atoms with Crippen molar-refractivity contribution in [3.63, 3.8) is 0 Å². The number of hydrogen-bond acceptors (Lipinski definition) is 4. The highest BCUT2D eigenvalue weighted by Crippen LogP contribution is 2.60. The van der Waals surface area contributed by atoms with Crippen molar-refractivity contribution in [2.75, 3.05) is 9.80 Å². The number of thiophene rings is 1. The van der Waals surface area contributed by atoms with Crippen LogP contribution in [0.3, 0.4) is 0 Å². The molecule has 0 N–H and O–H groups in total. The Morgan fingerprint density at radius 2 is 0.523 bits per heavy atom. The summed E-state index contributed by atoms with van der Waals surface area (Å²) in [5.74, 6) is 0. The normalized spacial score (nSPS) is 12.7. The van der Waals surface area contributed by atoms with E-state index in [0.717, 1.165) is 67.0 Å². The van der Waals surface area contributed by atoms with Gasteiger partial charge in [0.2, 0.25) is 0 Å². The molecule has 26 rings (SSSR count). The van der Waals surface area contributed by atoms with Crippen molar-refractivity contribution in [3.8, 4) is 66.8 Å². The zero-order valence-corrected chi connectivity index (χ0v) is 71.9. The zero-order chi connectivity index (χ0) is 85.8. The Morgan fingerprint density at radius 1 is 0.192 bits per heavy atom. The molecule has 2 aliphatic carbocycles. The number of furan rings is 1. The summed E-state index contributed by atoms with van der Waals surface area (Å²) in [6, 6.07) is 183. The topological polar surface area (TPSA) is 19.6 Å². The monoisotopic (exact) mass is 1670 g/mol. The lowest BCUT2D eigenvalue weighted by molar-refractivity contribution is 0.673. The van der Waals surface area contributed by atoms with E-state index >= 15 is 0 Å². The van der Waals surface area contributed by atoms with Gasteiger partial charge in [0.1, 0.15) is 11.2 Å². The first-order valence-electron chi connectivity index (χ1n) is 44.8. The number of para-hydroxylation sites is 1. The van der Waals surface area contributed by atoms with Gasteiger partial charge in [0.05, 0.1) is 10.8 Å². The average molecular weight is 1670 g/mol. The summed E-state index contributed by atoms with van der Waals surface area (Å²) in [6.07, 6.45) is 0. The van der Waals surface area contributed by atoms with Crippen molar-refractivity contribution in [2.45, 2.75) is 10.8 Å². The minimum Gasteiger partial charge on any atom is -0.455 e. The maximum Gasteiger partial charge on any atom is 0.143 e. The molecular weight excluding hydrogens is 1590 g/mol. The van der Waals surface area contributed by atoms with Crippen molar-refractivity contribution in [2.24, 2.45) is 0 Å². The minimum atomic E-state index is -0.514. The molecule has 3 nitrogen and oxygen atoms in total. The third kappa shape index (κ3) is 12.2. The molecule has 608 valence electrons. The first-order chi connectivity index (χ1) is 64.5. The van der Waals surface area contributed by atoms with Crippen LogP contribution in [0.1, 0.15) is 44.5 Å². The maximum atomic E-state index is 6.66. The van der Waals surface area contributed by atoms with Crippen molar-refractivity contribution in [3.05, 3.63) is 542 Å². The lowest BCUT2D eigenvalue weighted by atomic mass is 9.67. The Balaban J connectivity index is 0.000000140. The van der Waals surface area contributed by atoms with E-state index in [0.29, 0.717) is 0 Å². The van der Waals surface area contributed by atoms with Gasteiger partial charge in [-0.3, -0.25) is 0 Å². The molecule has 24 aromatic rings. The molecule has 0 spiro atoms. The van der Waals surface area contributed by atoms with Crippen LogP contribution in [0.5, 0.6) is 0 Å². The van der Waals surface area contributed by atoms with E-state index in [2.05, 4.69) is 501 Å². The van der Waals surface area contributed by atoms with Crippen LogP contribution in [0.25, 0.3) is 152 Å². The number of benzene rings is 22. The largest absolute Gasteiger partial charge is 0.455 e. The molecule has 0 saturated heterocycles. The summed E-state index contributed by atoms with van der Waals surface area (Å²) in [5.41, 5.74) is 32.2. The molecule has 0 fully saturated rings. The van der Waals surface area contributed by atoms with Gasteiger partial charge in [-0.1, -0.05) is 394 Å². The van der Waals surface area contributed by atoms with Crippen molar-refractivity contribution < 1.29 is 4.42 Å². The van der Waals surface area contributed by atoms with Gasteiger partial charge in [0.15, 0.2) is 0 Å². The molecule has 2 heterocycles. The summed E-state index contributed by atoms with van der Waals surface area (Å²) in [7, 11) is 0. The van der Waals surface area contributed by atoms with E-state index in [9.17, 15) is 0 Å². The molecule has 130 heavy (non-hydrogen) atoms. The first kappa shape index (κ1) is 76.0. The Bertz CT molecular complexity index is 7920. The second kappa shape index (κ2) is 31.3. The average Bonchev–Trinajstić information content (AvgIpc) is 1.54. The Hall–Kier alpha value is -16.5. The van der Waals surface area contributed by atoms with E-state index in [1.54, 1.807) is 0 Å². The number of anilines is 6. The van der Waals surface area contributed by atoms with Crippen LogP contribution >= 0.6 is 11.3 Å². The molecule has 0 amide bonds. The highest BCUT2D eigenvalue weighted by Gasteiger charge is 2.48. The fourth-order valence-corrected chi connectivity index (χ4v) is 23.0. The van der Waals surface area contributed by atoms with E-state index < -0.39 is 10.8 Å². The molecule has 0 atom stereocenters. The molecule has 4 heteroatoms. The highest BCUT2D eigenvalue weighted by atomic mass is 32.1. The predicted molar refractivity (Wildman–Crippen MR) is 549 cm³/mol.